The Labute approximate surface area is 68.8 Å². The zero-order valence-electron chi connectivity index (χ0n) is 6.72. The third kappa shape index (κ3) is 6.55. The van der Waals surface area contributed by atoms with Crippen LogP contribution in [-0.2, 0) is 28.6 Å². The SMILES string of the molecule is CCC[O][Ti](=[O])[O]C(C)C. The Morgan fingerprint density at radius 3 is 2.50 bits per heavy atom. The van der Waals surface area contributed by atoms with Crippen molar-refractivity contribution in [2.24, 2.45) is 0 Å². The van der Waals surface area contributed by atoms with Crippen LogP contribution in [0.4, 0.5) is 0 Å². The van der Waals surface area contributed by atoms with Crippen molar-refractivity contribution >= 4 is 0 Å². The fraction of sp³-hybridized carbons (Fsp3) is 1.00. The molecule has 10 heavy (non-hydrogen) atoms. The van der Waals surface area contributed by atoms with Crippen LogP contribution in [0.3, 0.4) is 0 Å². The van der Waals surface area contributed by atoms with Gasteiger partial charge in [0.25, 0.3) is 0 Å². The molecule has 0 aliphatic carbocycles. The van der Waals surface area contributed by atoms with Crippen molar-refractivity contribution in [3.05, 3.63) is 0 Å². The third-order valence-electron chi connectivity index (χ3n) is 0.756. The Morgan fingerprint density at radius 2 is 2.10 bits per heavy atom. The monoisotopic (exact) mass is 182 g/mol. The molecule has 0 rings (SSSR count). The molecule has 0 atom stereocenters. The first-order chi connectivity index (χ1) is 4.66. The van der Waals surface area contributed by atoms with E-state index in [0.717, 1.165) is 6.42 Å². The summed E-state index contributed by atoms with van der Waals surface area (Å²) in [7, 11) is 0. The Balaban J connectivity index is 3.26. The first-order valence-corrected chi connectivity index (χ1v) is 5.41. The molecule has 0 saturated heterocycles. The summed E-state index contributed by atoms with van der Waals surface area (Å²) < 4.78 is 20.6. The maximum atomic E-state index is 10.8. The molecule has 0 spiro atoms. The van der Waals surface area contributed by atoms with Crippen molar-refractivity contribution in [2.75, 3.05) is 6.61 Å². The standard InChI is InChI=1S/2C3H7O.O.Ti/c1-3(2)4;1-2-3-4;;/h3H,1-2H3;2-3H2,1H3;;/q2*-1;;+2. The van der Waals surface area contributed by atoms with Crippen molar-refractivity contribution in [1.29, 1.82) is 0 Å². The van der Waals surface area contributed by atoms with Gasteiger partial charge in [-0.1, -0.05) is 0 Å². The van der Waals surface area contributed by atoms with Gasteiger partial charge in [0.2, 0.25) is 0 Å². The fourth-order valence-electron chi connectivity index (χ4n) is 0.412. The molecular formula is C6H14O3Ti. The van der Waals surface area contributed by atoms with E-state index in [2.05, 4.69) is 0 Å². The zero-order chi connectivity index (χ0) is 7.98. The van der Waals surface area contributed by atoms with Gasteiger partial charge in [0.05, 0.1) is 0 Å². The molecular weight excluding hydrogens is 168 g/mol. The van der Waals surface area contributed by atoms with Gasteiger partial charge >= 0.3 is 68.5 Å². The summed E-state index contributed by atoms with van der Waals surface area (Å²) in [5, 5.41) is 0. The van der Waals surface area contributed by atoms with Crippen molar-refractivity contribution in [1.82, 2.24) is 0 Å². The summed E-state index contributed by atoms with van der Waals surface area (Å²) in [6.07, 6.45) is 0.907. The van der Waals surface area contributed by atoms with E-state index >= 15 is 0 Å². The zero-order valence-corrected chi connectivity index (χ0v) is 8.28. The van der Waals surface area contributed by atoms with Crippen LogP contribution in [0.25, 0.3) is 0 Å². The van der Waals surface area contributed by atoms with E-state index in [1.165, 1.54) is 0 Å². The van der Waals surface area contributed by atoms with Crippen molar-refractivity contribution in [2.45, 2.75) is 33.3 Å². The van der Waals surface area contributed by atoms with Crippen molar-refractivity contribution < 1.29 is 28.6 Å². The molecule has 0 unspecified atom stereocenters. The van der Waals surface area contributed by atoms with E-state index in [9.17, 15) is 3.32 Å². The molecule has 0 aliphatic rings. The second-order valence-electron chi connectivity index (χ2n) is 2.27. The van der Waals surface area contributed by atoms with Gasteiger partial charge in [-0.05, 0) is 0 Å². The molecule has 4 heteroatoms. The van der Waals surface area contributed by atoms with Gasteiger partial charge in [-0.25, -0.2) is 0 Å². The molecule has 0 fully saturated rings. The van der Waals surface area contributed by atoms with Crippen LogP contribution in [0.15, 0.2) is 0 Å². The molecule has 3 nitrogen and oxygen atoms in total. The molecule has 60 valence electrons. The summed E-state index contributed by atoms with van der Waals surface area (Å²) in [6, 6.07) is 0. The van der Waals surface area contributed by atoms with Crippen LogP contribution in [0.1, 0.15) is 27.2 Å². The Hall–Kier alpha value is 0.434. The van der Waals surface area contributed by atoms with Gasteiger partial charge in [0, 0.05) is 0 Å². The molecule has 0 aromatic heterocycles. The molecule has 0 aromatic carbocycles. The third-order valence-corrected chi connectivity index (χ3v) is 2.48. The minimum absolute atomic E-state index is 0.0179. The fourth-order valence-corrected chi connectivity index (χ4v) is 1.70. The second-order valence-corrected chi connectivity index (χ2v) is 3.86. The second kappa shape index (κ2) is 6.16. The van der Waals surface area contributed by atoms with Gasteiger partial charge in [0.1, 0.15) is 0 Å². The molecule has 0 heterocycles. The molecule has 0 aromatic rings. The summed E-state index contributed by atoms with van der Waals surface area (Å²) in [5.41, 5.74) is 0. The van der Waals surface area contributed by atoms with Crippen LogP contribution in [0, 0.1) is 0 Å². The van der Waals surface area contributed by atoms with Crippen molar-refractivity contribution in [3.8, 4) is 0 Å². The normalized spacial score (nSPS) is 10.4. The average molecular weight is 182 g/mol. The van der Waals surface area contributed by atoms with Gasteiger partial charge < -0.3 is 0 Å². The molecule has 0 bridgehead atoms. The van der Waals surface area contributed by atoms with Crippen LogP contribution in [0.5, 0.6) is 0 Å². The Bertz CT molecular complexity index is 103. The summed E-state index contributed by atoms with van der Waals surface area (Å²) in [5.74, 6) is 0. The van der Waals surface area contributed by atoms with E-state index in [1.807, 2.05) is 20.8 Å². The molecule has 0 amide bonds. The van der Waals surface area contributed by atoms with Gasteiger partial charge in [0.15, 0.2) is 0 Å². The first-order valence-electron chi connectivity index (χ1n) is 3.50. The van der Waals surface area contributed by atoms with E-state index in [4.69, 9.17) is 6.64 Å². The maximum absolute atomic E-state index is 10.8. The number of hydrogen-bond acceptors (Lipinski definition) is 3. The predicted molar refractivity (Wildman–Crippen MR) is 33.2 cm³/mol. The summed E-state index contributed by atoms with van der Waals surface area (Å²) >= 11 is -2.77. The number of hydrogen-bond donors (Lipinski definition) is 0. The summed E-state index contributed by atoms with van der Waals surface area (Å²) in [6.45, 7) is 6.22. The molecule has 0 saturated carbocycles. The molecule has 0 N–H and O–H groups in total. The van der Waals surface area contributed by atoms with E-state index in [1.54, 1.807) is 0 Å². The van der Waals surface area contributed by atoms with E-state index < -0.39 is 18.6 Å². The molecule has 0 aliphatic heterocycles. The summed E-state index contributed by atoms with van der Waals surface area (Å²) in [4.78, 5) is 0. The minimum atomic E-state index is -2.77. The van der Waals surface area contributed by atoms with Gasteiger partial charge in [-0.3, -0.25) is 0 Å². The topological polar surface area (TPSA) is 35.5 Å². The predicted octanol–water partition coefficient (Wildman–Crippen LogP) is 1.63. The molecule has 0 radical (unpaired) electrons. The van der Waals surface area contributed by atoms with Crippen LogP contribution in [0.2, 0.25) is 0 Å². The van der Waals surface area contributed by atoms with Gasteiger partial charge in [-0.15, -0.1) is 0 Å². The van der Waals surface area contributed by atoms with Crippen LogP contribution in [-0.4, -0.2) is 12.7 Å². The Morgan fingerprint density at radius 1 is 1.50 bits per heavy atom. The van der Waals surface area contributed by atoms with E-state index in [0.29, 0.717) is 6.61 Å². The van der Waals surface area contributed by atoms with Gasteiger partial charge in [-0.2, -0.15) is 0 Å². The van der Waals surface area contributed by atoms with Crippen LogP contribution >= 0.6 is 0 Å². The quantitative estimate of drug-likeness (QED) is 0.606. The van der Waals surface area contributed by atoms with E-state index in [-0.39, 0.29) is 6.10 Å². The first kappa shape index (κ1) is 10.4. The van der Waals surface area contributed by atoms with Crippen LogP contribution < -0.4 is 0 Å². The average Bonchev–Trinajstić information content (AvgIpc) is 1.82. The Kier molecular flexibility index (Phi) is 6.43. The number of rotatable bonds is 5. The van der Waals surface area contributed by atoms with Crippen molar-refractivity contribution in [3.63, 3.8) is 0 Å².